The molecule has 0 bridgehead atoms. The van der Waals surface area contributed by atoms with Crippen molar-refractivity contribution in [1.82, 2.24) is 4.98 Å². The maximum Gasteiger partial charge on any atom is 0.283 e. The van der Waals surface area contributed by atoms with Gasteiger partial charge in [-0.3, -0.25) is 14.5 Å². The number of thioether (sulfide) groups is 1. The molecule has 31 heavy (non-hydrogen) atoms. The lowest BCUT2D eigenvalue weighted by Crippen LogP contribution is -2.31. The fourth-order valence-corrected chi connectivity index (χ4v) is 4.18. The summed E-state index contributed by atoms with van der Waals surface area (Å²) in [5, 5.41) is 5.51. The van der Waals surface area contributed by atoms with Crippen LogP contribution in [-0.2, 0) is 9.59 Å². The predicted molar refractivity (Wildman–Crippen MR) is 126 cm³/mol. The van der Waals surface area contributed by atoms with Gasteiger partial charge in [0, 0.05) is 11.6 Å². The normalized spacial score (nSPS) is 14.6. The number of para-hydroxylation sites is 1. The molecule has 0 saturated carbocycles. The predicted octanol–water partition coefficient (Wildman–Crippen LogP) is 4.27. The summed E-state index contributed by atoms with van der Waals surface area (Å²) in [5.74, 6) is 0.377. The number of thiazole rings is 1. The summed E-state index contributed by atoms with van der Waals surface area (Å²) in [6.07, 6.45) is 3.35. The summed E-state index contributed by atoms with van der Waals surface area (Å²) < 4.78 is 5.18. The Bertz CT molecular complexity index is 1130. The van der Waals surface area contributed by atoms with Crippen molar-refractivity contribution in [3.63, 3.8) is 0 Å². The van der Waals surface area contributed by atoms with Crippen LogP contribution in [0, 0.1) is 0 Å². The lowest BCUT2D eigenvalue weighted by Gasteiger charge is -2.17. The molecule has 0 atom stereocenters. The van der Waals surface area contributed by atoms with Gasteiger partial charge in [0.25, 0.3) is 5.91 Å². The molecule has 1 aliphatic heterocycles. The van der Waals surface area contributed by atoms with Crippen LogP contribution in [0.3, 0.4) is 0 Å². The highest BCUT2D eigenvalue weighted by Crippen LogP contribution is 2.29. The van der Waals surface area contributed by atoms with Crippen LogP contribution >= 0.6 is 23.1 Å². The van der Waals surface area contributed by atoms with Gasteiger partial charge in [0.1, 0.15) is 11.4 Å². The Hall–Kier alpha value is -3.43. The summed E-state index contributed by atoms with van der Waals surface area (Å²) >= 11 is 2.55. The van der Waals surface area contributed by atoms with E-state index in [0.717, 1.165) is 11.3 Å². The minimum Gasteiger partial charge on any atom is -0.497 e. The van der Waals surface area contributed by atoms with Crippen molar-refractivity contribution in [2.75, 3.05) is 23.1 Å². The van der Waals surface area contributed by atoms with E-state index in [0.29, 0.717) is 21.7 Å². The van der Waals surface area contributed by atoms with Crippen molar-refractivity contribution in [1.29, 1.82) is 0 Å². The molecule has 1 aliphatic rings. The highest BCUT2D eigenvalue weighted by Gasteiger charge is 2.32. The number of hydrogen-bond acceptors (Lipinski definition) is 7. The number of methoxy groups -OCH3 is 1. The Morgan fingerprint density at radius 3 is 2.65 bits per heavy atom. The molecule has 2 amide bonds. The standard InChI is InChI=1S/C22H18N4O3S2/c1-29-17-9-7-15(8-10-17)13-18-20(28)26(16-5-3-2-4-6-16)22(24-18)31-14-19(27)25-21-23-11-12-30-21/h2-13H,14H2,1H3,(H,23,25,27)/b18-13-. The summed E-state index contributed by atoms with van der Waals surface area (Å²) in [5.41, 5.74) is 1.82. The van der Waals surface area contributed by atoms with E-state index < -0.39 is 0 Å². The Kier molecular flexibility index (Phi) is 6.44. The molecular formula is C22H18N4O3S2. The van der Waals surface area contributed by atoms with Crippen molar-refractivity contribution in [2.24, 2.45) is 4.99 Å². The topological polar surface area (TPSA) is 83.9 Å². The molecular weight excluding hydrogens is 432 g/mol. The molecule has 4 rings (SSSR count). The van der Waals surface area contributed by atoms with Gasteiger partial charge < -0.3 is 10.1 Å². The van der Waals surface area contributed by atoms with E-state index in [1.165, 1.54) is 28.0 Å². The smallest absolute Gasteiger partial charge is 0.283 e. The van der Waals surface area contributed by atoms with Crippen LogP contribution < -0.4 is 15.0 Å². The molecule has 0 aliphatic carbocycles. The average Bonchev–Trinajstić information content (AvgIpc) is 3.41. The van der Waals surface area contributed by atoms with Crippen molar-refractivity contribution in [3.05, 3.63) is 77.4 Å². The molecule has 0 saturated heterocycles. The van der Waals surface area contributed by atoms with Crippen molar-refractivity contribution in [3.8, 4) is 5.75 Å². The number of nitrogens with zero attached hydrogens (tertiary/aromatic N) is 3. The first-order chi connectivity index (χ1) is 15.1. The number of carbonyl (C=O) groups excluding carboxylic acids is 2. The second kappa shape index (κ2) is 9.59. The largest absolute Gasteiger partial charge is 0.497 e. The van der Waals surface area contributed by atoms with Crippen LogP contribution in [0.25, 0.3) is 6.08 Å². The first kappa shape index (κ1) is 20.8. The van der Waals surface area contributed by atoms with E-state index in [4.69, 9.17) is 4.74 Å². The SMILES string of the molecule is COc1ccc(/C=C2\N=C(SCC(=O)Nc3nccs3)N(c3ccccc3)C2=O)cc1. The van der Waals surface area contributed by atoms with E-state index in [2.05, 4.69) is 15.3 Å². The summed E-state index contributed by atoms with van der Waals surface area (Å²) in [7, 11) is 1.60. The number of amidine groups is 1. The first-order valence-corrected chi connectivity index (χ1v) is 11.2. The van der Waals surface area contributed by atoms with Crippen molar-refractivity contribution >= 4 is 57.0 Å². The van der Waals surface area contributed by atoms with Gasteiger partial charge in [0.05, 0.1) is 18.6 Å². The number of benzene rings is 2. The number of anilines is 2. The van der Waals surface area contributed by atoms with Gasteiger partial charge in [-0.05, 0) is 35.9 Å². The maximum absolute atomic E-state index is 13.1. The van der Waals surface area contributed by atoms with Gasteiger partial charge >= 0.3 is 0 Å². The number of aliphatic imine (C=N–C) groups is 1. The molecule has 1 N–H and O–H groups in total. The van der Waals surface area contributed by atoms with E-state index in [1.807, 2.05) is 54.6 Å². The third-order valence-electron chi connectivity index (χ3n) is 4.27. The summed E-state index contributed by atoms with van der Waals surface area (Å²) in [6, 6.07) is 16.6. The third kappa shape index (κ3) is 5.01. The highest BCUT2D eigenvalue weighted by molar-refractivity contribution is 8.14. The van der Waals surface area contributed by atoms with E-state index in [9.17, 15) is 9.59 Å². The Morgan fingerprint density at radius 2 is 1.97 bits per heavy atom. The van der Waals surface area contributed by atoms with Crippen LogP contribution in [-0.4, -0.2) is 34.8 Å². The van der Waals surface area contributed by atoms with E-state index in [-0.39, 0.29) is 17.6 Å². The summed E-state index contributed by atoms with van der Waals surface area (Å²) in [4.78, 5) is 35.5. The number of amides is 2. The van der Waals surface area contributed by atoms with Gasteiger partial charge in [-0.15, -0.1) is 11.3 Å². The van der Waals surface area contributed by atoms with Gasteiger partial charge in [-0.2, -0.15) is 0 Å². The number of rotatable bonds is 6. The Morgan fingerprint density at radius 1 is 1.19 bits per heavy atom. The highest BCUT2D eigenvalue weighted by atomic mass is 32.2. The average molecular weight is 451 g/mol. The van der Waals surface area contributed by atoms with E-state index >= 15 is 0 Å². The molecule has 156 valence electrons. The molecule has 2 heterocycles. The summed E-state index contributed by atoms with van der Waals surface area (Å²) in [6.45, 7) is 0. The first-order valence-electron chi connectivity index (χ1n) is 9.30. The lowest BCUT2D eigenvalue weighted by atomic mass is 10.2. The molecule has 0 radical (unpaired) electrons. The van der Waals surface area contributed by atoms with Gasteiger partial charge in [-0.1, -0.05) is 42.1 Å². The molecule has 0 unspecified atom stereocenters. The Balaban J connectivity index is 1.56. The van der Waals surface area contributed by atoms with E-state index in [1.54, 1.807) is 24.8 Å². The quantitative estimate of drug-likeness (QED) is 0.567. The molecule has 7 nitrogen and oxygen atoms in total. The fourth-order valence-electron chi connectivity index (χ4n) is 2.83. The van der Waals surface area contributed by atoms with Crippen LogP contribution in [0.15, 0.2) is 76.9 Å². The van der Waals surface area contributed by atoms with Crippen LogP contribution in [0.2, 0.25) is 0 Å². The van der Waals surface area contributed by atoms with Crippen LogP contribution in [0.5, 0.6) is 5.75 Å². The zero-order chi connectivity index (χ0) is 21.6. The fraction of sp³-hybridized carbons (Fsp3) is 0.0909. The number of carbonyl (C=O) groups is 2. The number of aromatic nitrogens is 1. The minimum absolute atomic E-state index is 0.102. The molecule has 3 aromatic rings. The van der Waals surface area contributed by atoms with Gasteiger partial charge in [-0.25, -0.2) is 9.98 Å². The molecule has 2 aromatic carbocycles. The zero-order valence-electron chi connectivity index (χ0n) is 16.5. The van der Waals surface area contributed by atoms with Crippen LogP contribution in [0.4, 0.5) is 10.8 Å². The minimum atomic E-state index is -0.246. The third-order valence-corrected chi connectivity index (χ3v) is 5.90. The lowest BCUT2D eigenvalue weighted by molar-refractivity contribution is -0.114. The molecule has 0 spiro atoms. The molecule has 9 heteroatoms. The van der Waals surface area contributed by atoms with Crippen LogP contribution in [0.1, 0.15) is 5.56 Å². The number of nitrogens with one attached hydrogen (secondary N) is 1. The second-order valence-electron chi connectivity index (χ2n) is 6.35. The zero-order valence-corrected chi connectivity index (χ0v) is 18.2. The number of hydrogen-bond donors (Lipinski definition) is 1. The molecule has 0 fully saturated rings. The Labute approximate surface area is 187 Å². The monoisotopic (exact) mass is 450 g/mol. The number of ether oxygens (including phenoxy) is 1. The van der Waals surface area contributed by atoms with Gasteiger partial charge in [0.2, 0.25) is 5.91 Å². The van der Waals surface area contributed by atoms with Gasteiger partial charge in [0.15, 0.2) is 10.3 Å². The maximum atomic E-state index is 13.1. The molecule has 1 aromatic heterocycles. The second-order valence-corrected chi connectivity index (χ2v) is 8.18. The van der Waals surface area contributed by atoms with Crippen molar-refractivity contribution < 1.29 is 14.3 Å². The van der Waals surface area contributed by atoms with Crippen molar-refractivity contribution in [2.45, 2.75) is 0 Å².